The van der Waals surface area contributed by atoms with Crippen LogP contribution in [0.15, 0.2) is 59.3 Å². The number of amides is 2. The molecule has 0 spiro atoms. The first kappa shape index (κ1) is 21.1. The first-order chi connectivity index (χ1) is 15.2. The van der Waals surface area contributed by atoms with Crippen molar-refractivity contribution < 1.29 is 27.3 Å². The van der Waals surface area contributed by atoms with Crippen molar-refractivity contribution in [3.63, 3.8) is 0 Å². The molecule has 2 heterocycles. The first-order valence-corrected chi connectivity index (χ1v) is 9.40. The molecule has 8 nitrogen and oxygen atoms in total. The molecule has 4 rings (SSSR count). The second-order valence-corrected chi connectivity index (χ2v) is 7.01. The van der Waals surface area contributed by atoms with Crippen molar-refractivity contribution in [2.45, 2.75) is 19.1 Å². The molecule has 0 fully saturated rings. The van der Waals surface area contributed by atoms with Gasteiger partial charge in [0.1, 0.15) is 0 Å². The molecule has 1 atom stereocenters. The van der Waals surface area contributed by atoms with Gasteiger partial charge in [0, 0.05) is 22.7 Å². The van der Waals surface area contributed by atoms with Gasteiger partial charge in [0.25, 0.3) is 11.8 Å². The lowest BCUT2D eigenvalue weighted by atomic mass is 10.1. The quantitative estimate of drug-likeness (QED) is 0.425. The summed E-state index contributed by atoms with van der Waals surface area (Å²) in [6, 6.07) is 9.97. The maximum atomic E-state index is 12.8. The number of alkyl halides is 3. The van der Waals surface area contributed by atoms with E-state index in [1.54, 1.807) is 31.3 Å². The number of anilines is 1. The lowest BCUT2D eigenvalue weighted by Crippen LogP contribution is -2.26. The number of benzene rings is 2. The second-order valence-electron chi connectivity index (χ2n) is 7.01. The van der Waals surface area contributed by atoms with Crippen molar-refractivity contribution in [2.75, 3.05) is 5.32 Å². The Kier molecular flexibility index (Phi) is 5.39. The van der Waals surface area contributed by atoms with Gasteiger partial charge >= 0.3 is 6.18 Å². The highest BCUT2D eigenvalue weighted by molar-refractivity contribution is 6.03. The highest BCUT2D eigenvalue weighted by Crippen LogP contribution is 2.30. The molecule has 2 aromatic heterocycles. The molecule has 32 heavy (non-hydrogen) atoms. The molecule has 0 unspecified atom stereocenters. The van der Waals surface area contributed by atoms with Crippen LogP contribution in [0.25, 0.3) is 10.9 Å². The number of carbonyl (C=O) groups excluding carboxylic acids is 2. The maximum absolute atomic E-state index is 12.8. The third kappa shape index (κ3) is 4.46. The summed E-state index contributed by atoms with van der Waals surface area (Å²) in [6.07, 6.45) is -2.89. The number of rotatable bonds is 5. The molecule has 164 valence electrons. The Bertz CT molecular complexity index is 1300. The Balaban J connectivity index is 1.42. The number of hydrogen-bond donors (Lipinski definition) is 3. The Morgan fingerprint density at radius 3 is 2.69 bits per heavy atom. The van der Waals surface area contributed by atoms with Crippen LogP contribution in [0.2, 0.25) is 0 Å². The summed E-state index contributed by atoms with van der Waals surface area (Å²) < 4.78 is 43.6. The molecule has 11 heteroatoms. The topological polar surface area (TPSA) is 113 Å². The summed E-state index contributed by atoms with van der Waals surface area (Å²) in [4.78, 5) is 24.9. The van der Waals surface area contributed by atoms with E-state index < -0.39 is 23.7 Å². The van der Waals surface area contributed by atoms with Crippen LogP contribution >= 0.6 is 0 Å². The minimum Gasteiger partial charge on any atom is -0.358 e. The summed E-state index contributed by atoms with van der Waals surface area (Å²) >= 11 is 0. The van der Waals surface area contributed by atoms with Crippen LogP contribution in [0.5, 0.6) is 0 Å². The molecule has 0 saturated carbocycles. The third-order valence-electron chi connectivity index (χ3n) is 4.69. The van der Waals surface area contributed by atoms with E-state index >= 15 is 0 Å². The second kappa shape index (κ2) is 8.17. The van der Waals surface area contributed by atoms with E-state index in [1.165, 1.54) is 18.2 Å². The van der Waals surface area contributed by atoms with Gasteiger partial charge in [-0.25, -0.2) is 0 Å². The maximum Gasteiger partial charge on any atom is 0.416 e. The molecule has 3 N–H and O–H groups in total. The van der Waals surface area contributed by atoms with Crippen molar-refractivity contribution >= 4 is 28.4 Å². The zero-order valence-electron chi connectivity index (χ0n) is 16.5. The molecule has 0 aliphatic rings. The minimum absolute atomic E-state index is 0.0371. The zero-order chi connectivity index (χ0) is 22.9. The molecular formula is C21H16F3N5O3. The van der Waals surface area contributed by atoms with E-state index in [0.29, 0.717) is 11.1 Å². The van der Waals surface area contributed by atoms with E-state index in [1.807, 2.05) is 0 Å². The molecule has 0 bridgehead atoms. The Labute approximate surface area is 178 Å². The van der Waals surface area contributed by atoms with Crippen LogP contribution in [-0.4, -0.2) is 27.2 Å². The van der Waals surface area contributed by atoms with Crippen LogP contribution in [0.3, 0.4) is 0 Å². The highest BCUT2D eigenvalue weighted by atomic mass is 19.4. The van der Waals surface area contributed by atoms with Crippen LogP contribution in [0.4, 0.5) is 18.9 Å². The van der Waals surface area contributed by atoms with E-state index in [-0.39, 0.29) is 23.0 Å². The van der Waals surface area contributed by atoms with E-state index in [4.69, 9.17) is 4.52 Å². The zero-order valence-corrected chi connectivity index (χ0v) is 16.5. The largest absolute Gasteiger partial charge is 0.416 e. The number of fused-ring (bicyclic) bond motifs is 1. The smallest absolute Gasteiger partial charge is 0.358 e. The van der Waals surface area contributed by atoms with Gasteiger partial charge in [-0.1, -0.05) is 17.3 Å². The molecule has 0 aliphatic carbocycles. The minimum atomic E-state index is -4.53. The van der Waals surface area contributed by atoms with E-state index in [9.17, 15) is 22.8 Å². The van der Waals surface area contributed by atoms with E-state index in [2.05, 4.69) is 26.0 Å². The molecule has 2 amide bonds. The van der Waals surface area contributed by atoms with Gasteiger partial charge in [-0.05, 0) is 37.3 Å². The number of nitrogens with zero attached hydrogens (tertiary/aromatic N) is 2. The van der Waals surface area contributed by atoms with Crippen LogP contribution < -0.4 is 10.6 Å². The lowest BCUT2D eigenvalue weighted by molar-refractivity contribution is -0.137. The van der Waals surface area contributed by atoms with Gasteiger partial charge in [0.05, 0.1) is 23.3 Å². The van der Waals surface area contributed by atoms with Gasteiger partial charge in [0.2, 0.25) is 0 Å². The molecule has 2 aromatic carbocycles. The number of H-pyrrole nitrogens is 1. The van der Waals surface area contributed by atoms with Crippen LogP contribution in [0, 0.1) is 0 Å². The monoisotopic (exact) mass is 443 g/mol. The summed E-state index contributed by atoms with van der Waals surface area (Å²) in [5.74, 6) is -0.918. The molecule has 4 aromatic rings. The molecule has 0 aliphatic heterocycles. The van der Waals surface area contributed by atoms with Crippen LogP contribution in [-0.2, 0) is 6.18 Å². The standard InChI is InChI=1S/C21H16F3N5O3/c1-11(26-19(30)12-5-6-13-10-25-28-16(13)7-12)18-9-17(29-32-18)20(31)27-15-4-2-3-14(8-15)21(22,23)24/h2-11H,1H3,(H,25,28)(H,26,30)(H,27,31)/t11-/m1/s1. The summed E-state index contributed by atoms with van der Waals surface area (Å²) in [6.45, 7) is 1.64. The Hall–Kier alpha value is -4.15. The Morgan fingerprint density at radius 2 is 1.91 bits per heavy atom. The fraction of sp³-hybridized carbons (Fsp3) is 0.143. The van der Waals surface area contributed by atoms with Crippen molar-refractivity contribution in [3.05, 3.63) is 77.3 Å². The normalized spacial score (nSPS) is 12.5. The average Bonchev–Trinajstić information content (AvgIpc) is 3.42. The third-order valence-corrected chi connectivity index (χ3v) is 4.69. The van der Waals surface area contributed by atoms with E-state index in [0.717, 1.165) is 17.5 Å². The molecule has 0 radical (unpaired) electrons. The van der Waals surface area contributed by atoms with Crippen LogP contribution in [0.1, 0.15) is 45.1 Å². The number of aromatic nitrogens is 3. The molecular weight excluding hydrogens is 427 g/mol. The number of aromatic amines is 1. The summed E-state index contributed by atoms with van der Waals surface area (Å²) in [5.41, 5.74) is 0.0391. The number of hydrogen-bond acceptors (Lipinski definition) is 5. The van der Waals surface area contributed by atoms with Gasteiger partial charge in [-0.3, -0.25) is 14.7 Å². The van der Waals surface area contributed by atoms with Gasteiger partial charge in [-0.2, -0.15) is 18.3 Å². The summed E-state index contributed by atoms with van der Waals surface area (Å²) in [7, 11) is 0. The number of nitrogens with one attached hydrogen (secondary N) is 3. The number of halogens is 3. The first-order valence-electron chi connectivity index (χ1n) is 9.40. The molecule has 0 saturated heterocycles. The van der Waals surface area contributed by atoms with Crippen molar-refractivity contribution in [2.24, 2.45) is 0 Å². The highest BCUT2D eigenvalue weighted by Gasteiger charge is 2.30. The van der Waals surface area contributed by atoms with Gasteiger partial charge in [0.15, 0.2) is 11.5 Å². The lowest BCUT2D eigenvalue weighted by Gasteiger charge is -2.10. The fourth-order valence-electron chi connectivity index (χ4n) is 3.00. The average molecular weight is 443 g/mol. The van der Waals surface area contributed by atoms with Gasteiger partial charge < -0.3 is 15.2 Å². The Morgan fingerprint density at radius 1 is 1.09 bits per heavy atom. The van der Waals surface area contributed by atoms with Crippen molar-refractivity contribution in [1.29, 1.82) is 0 Å². The SMILES string of the molecule is C[C@@H](NC(=O)c1ccc2cn[nH]c2c1)c1cc(C(=O)Nc2cccc(C(F)(F)F)c2)no1. The van der Waals surface area contributed by atoms with Gasteiger partial charge in [-0.15, -0.1) is 0 Å². The fourth-order valence-corrected chi connectivity index (χ4v) is 3.00. The number of carbonyl (C=O) groups is 2. The van der Waals surface area contributed by atoms with Crippen molar-refractivity contribution in [1.82, 2.24) is 20.7 Å². The van der Waals surface area contributed by atoms with Crippen molar-refractivity contribution in [3.8, 4) is 0 Å². The summed E-state index contributed by atoms with van der Waals surface area (Å²) in [5, 5.41) is 16.3. The predicted molar refractivity (Wildman–Crippen MR) is 108 cm³/mol. The predicted octanol–water partition coefficient (Wildman–Crippen LogP) is 4.31.